The van der Waals surface area contributed by atoms with Crippen molar-refractivity contribution in [3.63, 3.8) is 0 Å². The fourth-order valence-electron chi connectivity index (χ4n) is 2.76. The molecule has 23 heavy (non-hydrogen) atoms. The Hall–Kier alpha value is -2.12. The van der Waals surface area contributed by atoms with Crippen LogP contribution in [0.5, 0.6) is 0 Å². The number of hydrogen-bond acceptors (Lipinski definition) is 4. The predicted octanol–water partition coefficient (Wildman–Crippen LogP) is 3.53. The van der Waals surface area contributed by atoms with Crippen LogP contribution in [0.2, 0.25) is 0 Å². The highest BCUT2D eigenvalue weighted by molar-refractivity contribution is 5.58. The third-order valence-electron chi connectivity index (χ3n) is 4.28. The molecule has 0 saturated carbocycles. The lowest BCUT2D eigenvalue weighted by molar-refractivity contribution is -0.146. The first-order valence-electron chi connectivity index (χ1n) is 7.56. The normalized spacial score (nSPS) is 18.6. The lowest BCUT2D eigenvalue weighted by Crippen LogP contribution is -2.19. The van der Waals surface area contributed by atoms with E-state index in [0.29, 0.717) is 23.8 Å². The van der Waals surface area contributed by atoms with Crippen molar-refractivity contribution in [3.8, 4) is 0 Å². The molecule has 0 aliphatic heterocycles. The lowest BCUT2D eigenvalue weighted by atomic mass is 9.94. The number of aromatic nitrogens is 4. The van der Waals surface area contributed by atoms with E-state index in [1.54, 1.807) is 6.92 Å². The first kappa shape index (κ1) is 15.8. The Morgan fingerprint density at radius 1 is 1.22 bits per heavy atom. The molecule has 1 unspecified atom stereocenters. The summed E-state index contributed by atoms with van der Waals surface area (Å²) in [5, 5.41) is 14.2. The molecule has 0 spiro atoms. The number of rotatable bonds is 3. The van der Waals surface area contributed by atoms with Gasteiger partial charge in [0.2, 0.25) is 0 Å². The largest absolute Gasteiger partial charge is 0.453 e. The SMILES string of the molecule is Cc1c(NCC2CC=CCC2)nn2c(C(F)(F)F)nnc2c1C. The van der Waals surface area contributed by atoms with E-state index in [1.165, 1.54) is 0 Å². The number of nitrogens with zero attached hydrogens (tertiary/aromatic N) is 4. The molecule has 0 bridgehead atoms. The summed E-state index contributed by atoms with van der Waals surface area (Å²) in [5.41, 5.74) is 1.58. The molecule has 5 nitrogen and oxygen atoms in total. The highest BCUT2D eigenvalue weighted by atomic mass is 19.4. The number of anilines is 1. The molecule has 2 heterocycles. The van der Waals surface area contributed by atoms with Gasteiger partial charge in [-0.05, 0) is 44.6 Å². The van der Waals surface area contributed by atoms with Crippen LogP contribution < -0.4 is 5.32 Å². The fourth-order valence-corrected chi connectivity index (χ4v) is 2.76. The van der Waals surface area contributed by atoms with Gasteiger partial charge in [-0.3, -0.25) is 0 Å². The molecule has 1 aliphatic rings. The Balaban J connectivity index is 1.93. The van der Waals surface area contributed by atoms with E-state index in [0.717, 1.165) is 29.3 Å². The average Bonchev–Trinajstić information content (AvgIpc) is 2.94. The zero-order valence-corrected chi connectivity index (χ0v) is 13.0. The summed E-state index contributed by atoms with van der Waals surface area (Å²) in [7, 11) is 0. The summed E-state index contributed by atoms with van der Waals surface area (Å²) < 4.78 is 39.8. The third-order valence-corrected chi connectivity index (χ3v) is 4.28. The molecule has 3 rings (SSSR count). The molecule has 0 radical (unpaired) electrons. The number of fused-ring (bicyclic) bond motifs is 1. The van der Waals surface area contributed by atoms with Gasteiger partial charge in [0.15, 0.2) is 5.65 Å². The molecule has 0 amide bonds. The monoisotopic (exact) mass is 325 g/mol. The smallest absolute Gasteiger partial charge is 0.368 e. The minimum Gasteiger partial charge on any atom is -0.368 e. The Morgan fingerprint density at radius 3 is 2.65 bits per heavy atom. The Labute approximate surface area is 131 Å². The Morgan fingerprint density at radius 2 is 2.00 bits per heavy atom. The average molecular weight is 325 g/mol. The molecule has 8 heteroatoms. The predicted molar refractivity (Wildman–Crippen MR) is 80.2 cm³/mol. The zero-order valence-electron chi connectivity index (χ0n) is 13.0. The van der Waals surface area contributed by atoms with Gasteiger partial charge in [0.05, 0.1) is 0 Å². The van der Waals surface area contributed by atoms with Gasteiger partial charge in [0.1, 0.15) is 5.82 Å². The second kappa shape index (κ2) is 5.82. The molecular weight excluding hydrogens is 307 g/mol. The molecule has 124 valence electrons. The number of nitrogens with one attached hydrogen (secondary N) is 1. The van der Waals surface area contributed by atoms with Crippen LogP contribution >= 0.6 is 0 Å². The summed E-state index contributed by atoms with van der Waals surface area (Å²) in [5.74, 6) is -0.172. The van der Waals surface area contributed by atoms with Crippen molar-refractivity contribution in [2.45, 2.75) is 39.3 Å². The highest BCUT2D eigenvalue weighted by Gasteiger charge is 2.38. The molecule has 0 aromatic carbocycles. The Kier molecular flexibility index (Phi) is 3.99. The van der Waals surface area contributed by atoms with Crippen molar-refractivity contribution in [3.05, 3.63) is 29.1 Å². The van der Waals surface area contributed by atoms with E-state index in [9.17, 15) is 13.2 Å². The quantitative estimate of drug-likeness (QED) is 0.877. The van der Waals surface area contributed by atoms with Gasteiger partial charge in [-0.25, -0.2) is 0 Å². The van der Waals surface area contributed by atoms with Crippen LogP contribution in [0.15, 0.2) is 12.2 Å². The van der Waals surface area contributed by atoms with E-state index in [1.807, 2.05) is 6.92 Å². The van der Waals surface area contributed by atoms with E-state index >= 15 is 0 Å². The van der Waals surface area contributed by atoms with Gasteiger partial charge in [0, 0.05) is 12.1 Å². The van der Waals surface area contributed by atoms with Gasteiger partial charge in [0.25, 0.3) is 5.82 Å². The minimum atomic E-state index is -4.58. The zero-order chi connectivity index (χ0) is 16.6. The molecule has 1 atom stereocenters. The number of alkyl halides is 3. The van der Waals surface area contributed by atoms with Crippen LogP contribution in [-0.2, 0) is 6.18 Å². The van der Waals surface area contributed by atoms with Gasteiger partial charge in [-0.2, -0.15) is 17.7 Å². The second-order valence-corrected chi connectivity index (χ2v) is 5.89. The van der Waals surface area contributed by atoms with Gasteiger partial charge >= 0.3 is 6.18 Å². The molecule has 0 saturated heterocycles. The van der Waals surface area contributed by atoms with E-state index < -0.39 is 12.0 Å². The lowest BCUT2D eigenvalue weighted by Gasteiger charge is -2.19. The van der Waals surface area contributed by atoms with Crippen LogP contribution in [0.25, 0.3) is 5.65 Å². The topological polar surface area (TPSA) is 55.1 Å². The van der Waals surface area contributed by atoms with Crippen molar-refractivity contribution in [1.82, 2.24) is 19.8 Å². The summed E-state index contributed by atoms with van der Waals surface area (Å²) >= 11 is 0. The van der Waals surface area contributed by atoms with Crippen LogP contribution in [0, 0.1) is 19.8 Å². The maximum Gasteiger partial charge on any atom is 0.453 e. The van der Waals surface area contributed by atoms with Crippen molar-refractivity contribution in [2.24, 2.45) is 5.92 Å². The molecule has 1 N–H and O–H groups in total. The van der Waals surface area contributed by atoms with Crippen molar-refractivity contribution in [2.75, 3.05) is 11.9 Å². The molecular formula is C15H18F3N5. The van der Waals surface area contributed by atoms with Crippen molar-refractivity contribution >= 4 is 11.5 Å². The molecule has 1 aliphatic carbocycles. The third kappa shape index (κ3) is 3.02. The van der Waals surface area contributed by atoms with Gasteiger partial charge in [-0.1, -0.05) is 12.2 Å². The van der Waals surface area contributed by atoms with Crippen molar-refractivity contribution < 1.29 is 13.2 Å². The van der Waals surface area contributed by atoms with Crippen LogP contribution in [0.4, 0.5) is 19.0 Å². The standard InChI is InChI=1S/C15H18F3N5/c1-9-10(2)13-20-21-14(15(16,17)18)23(13)22-12(9)19-8-11-6-4-3-5-7-11/h3-4,11H,5-8H2,1-2H3,(H,19,22). The molecule has 2 aromatic heterocycles. The number of hydrogen-bond donors (Lipinski definition) is 1. The maximum atomic E-state index is 13.0. The summed E-state index contributed by atoms with van der Waals surface area (Å²) in [4.78, 5) is 0. The van der Waals surface area contributed by atoms with Crippen LogP contribution in [-0.4, -0.2) is 26.4 Å². The summed E-state index contributed by atoms with van der Waals surface area (Å²) in [6.07, 6.45) is 2.81. The van der Waals surface area contributed by atoms with E-state index in [-0.39, 0.29) is 5.65 Å². The van der Waals surface area contributed by atoms with E-state index in [2.05, 4.69) is 32.8 Å². The second-order valence-electron chi connectivity index (χ2n) is 5.89. The highest BCUT2D eigenvalue weighted by Crippen LogP contribution is 2.30. The summed E-state index contributed by atoms with van der Waals surface area (Å²) in [6.45, 7) is 4.25. The minimum absolute atomic E-state index is 0.140. The molecule has 2 aromatic rings. The number of allylic oxidation sites excluding steroid dienone is 2. The number of aryl methyl sites for hydroxylation is 1. The Bertz CT molecular complexity index is 748. The molecule has 0 fully saturated rings. The number of halogens is 3. The van der Waals surface area contributed by atoms with Crippen LogP contribution in [0.1, 0.15) is 36.2 Å². The summed E-state index contributed by atoms with van der Waals surface area (Å²) in [6, 6.07) is 0. The van der Waals surface area contributed by atoms with Gasteiger partial charge < -0.3 is 5.32 Å². The van der Waals surface area contributed by atoms with E-state index in [4.69, 9.17) is 0 Å². The van der Waals surface area contributed by atoms with Crippen molar-refractivity contribution in [1.29, 1.82) is 0 Å². The first-order valence-corrected chi connectivity index (χ1v) is 7.56. The first-order chi connectivity index (χ1) is 10.9. The van der Waals surface area contributed by atoms with Gasteiger partial charge in [-0.15, -0.1) is 15.3 Å². The fraction of sp³-hybridized carbons (Fsp3) is 0.533. The van der Waals surface area contributed by atoms with Crippen LogP contribution in [0.3, 0.4) is 0 Å². The maximum absolute atomic E-state index is 13.0.